The van der Waals surface area contributed by atoms with Crippen LogP contribution >= 0.6 is 0 Å². The van der Waals surface area contributed by atoms with Gasteiger partial charge in [-0.15, -0.1) is 0 Å². The zero-order valence-electron chi connectivity index (χ0n) is 16.3. The average molecular weight is 376 g/mol. The van der Waals surface area contributed by atoms with Gasteiger partial charge in [0.05, 0.1) is 39.1 Å². The van der Waals surface area contributed by atoms with E-state index in [1.807, 2.05) is 36.5 Å². The molecule has 0 fully saturated rings. The summed E-state index contributed by atoms with van der Waals surface area (Å²) in [7, 11) is 5.03. The Morgan fingerprint density at radius 1 is 0.821 bits per heavy atom. The van der Waals surface area contributed by atoms with Crippen LogP contribution in [0.4, 0.5) is 0 Å². The normalized spacial score (nSPS) is 18.2. The van der Waals surface area contributed by atoms with Crippen LogP contribution in [-0.4, -0.2) is 26.3 Å². The molecule has 1 aromatic heterocycles. The highest BCUT2D eigenvalue weighted by Gasteiger charge is 2.31. The van der Waals surface area contributed by atoms with Crippen LogP contribution in [0.15, 0.2) is 60.8 Å². The summed E-state index contributed by atoms with van der Waals surface area (Å²) < 4.78 is 16.7. The van der Waals surface area contributed by atoms with Gasteiger partial charge in [0.1, 0.15) is 5.75 Å². The molecule has 3 aromatic rings. The highest BCUT2D eigenvalue weighted by molar-refractivity contribution is 5.54. The summed E-state index contributed by atoms with van der Waals surface area (Å²) in [5.41, 5.74) is 4.47. The van der Waals surface area contributed by atoms with Crippen molar-refractivity contribution in [2.75, 3.05) is 21.3 Å². The molecule has 2 atom stereocenters. The molecule has 0 aliphatic carbocycles. The number of pyridine rings is 1. The minimum absolute atomic E-state index is 0.0493. The highest BCUT2D eigenvalue weighted by Crippen LogP contribution is 2.42. The van der Waals surface area contributed by atoms with Crippen molar-refractivity contribution in [1.29, 1.82) is 0 Å². The van der Waals surface area contributed by atoms with Crippen LogP contribution in [0.1, 0.15) is 34.5 Å². The fraction of sp³-hybridized carbons (Fsp3) is 0.261. The molecule has 28 heavy (non-hydrogen) atoms. The lowest BCUT2D eigenvalue weighted by molar-refractivity contribution is 0.349. The molecule has 0 saturated carbocycles. The number of fused-ring (bicyclic) bond motifs is 1. The minimum Gasteiger partial charge on any atom is -0.496 e. The summed E-state index contributed by atoms with van der Waals surface area (Å²) in [6, 6.07) is 18.3. The van der Waals surface area contributed by atoms with E-state index in [1.54, 1.807) is 21.3 Å². The molecule has 0 unspecified atom stereocenters. The van der Waals surface area contributed by atoms with Crippen molar-refractivity contribution in [3.63, 3.8) is 0 Å². The Morgan fingerprint density at radius 2 is 1.54 bits per heavy atom. The average Bonchev–Trinajstić information content (AvgIpc) is 2.77. The maximum Gasteiger partial charge on any atom is 0.161 e. The molecular formula is C23H24N2O3. The smallest absolute Gasteiger partial charge is 0.161 e. The van der Waals surface area contributed by atoms with E-state index in [9.17, 15) is 0 Å². The lowest BCUT2D eigenvalue weighted by Crippen LogP contribution is -2.34. The van der Waals surface area contributed by atoms with Crippen LogP contribution < -0.4 is 19.5 Å². The lowest BCUT2D eigenvalue weighted by Gasteiger charge is -2.34. The predicted octanol–water partition coefficient (Wildman–Crippen LogP) is 4.08. The summed E-state index contributed by atoms with van der Waals surface area (Å²) in [5.74, 6) is 2.31. The molecule has 4 rings (SSSR count). The Bertz CT molecular complexity index is 959. The van der Waals surface area contributed by atoms with Gasteiger partial charge >= 0.3 is 0 Å². The maximum atomic E-state index is 5.64. The lowest BCUT2D eigenvalue weighted by atomic mass is 9.85. The third kappa shape index (κ3) is 3.29. The third-order valence-electron chi connectivity index (χ3n) is 5.24. The van der Waals surface area contributed by atoms with Crippen LogP contribution in [0.5, 0.6) is 17.2 Å². The minimum atomic E-state index is -0.0493. The molecule has 5 heteroatoms. The Hall–Kier alpha value is -3.05. The summed E-state index contributed by atoms with van der Waals surface area (Å²) in [5, 5.41) is 3.77. The molecule has 1 aliphatic rings. The molecule has 1 aliphatic heterocycles. The van der Waals surface area contributed by atoms with Gasteiger partial charge in [-0.1, -0.05) is 24.3 Å². The van der Waals surface area contributed by atoms with Gasteiger partial charge in [0.15, 0.2) is 11.5 Å². The molecule has 144 valence electrons. The second-order valence-electron chi connectivity index (χ2n) is 6.76. The number of benzene rings is 2. The molecule has 0 amide bonds. The number of ether oxygens (including phenoxy) is 3. The van der Waals surface area contributed by atoms with Crippen molar-refractivity contribution in [1.82, 2.24) is 10.3 Å². The van der Waals surface area contributed by atoms with Crippen molar-refractivity contribution in [2.24, 2.45) is 0 Å². The van der Waals surface area contributed by atoms with Crippen molar-refractivity contribution < 1.29 is 14.2 Å². The van der Waals surface area contributed by atoms with E-state index in [2.05, 4.69) is 34.6 Å². The van der Waals surface area contributed by atoms with Gasteiger partial charge in [0.2, 0.25) is 0 Å². The summed E-state index contributed by atoms with van der Waals surface area (Å²) in [6.07, 6.45) is 2.65. The first-order chi connectivity index (χ1) is 13.7. The van der Waals surface area contributed by atoms with Gasteiger partial charge < -0.3 is 14.2 Å². The quantitative estimate of drug-likeness (QED) is 0.727. The first kappa shape index (κ1) is 18.3. The fourth-order valence-corrected chi connectivity index (χ4v) is 3.89. The molecule has 2 heterocycles. The Labute approximate surface area is 165 Å². The maximum absolute atomic E-state index is 5.64. The third-order valence-corrected chi connectivity index (χ3v) is 5.24. The van der Waals surface area contributed by atoms with Gasteiger partial charge in [-0.05, 0) is 47.9 Å². The van der Waals surface area contributed by atoms with E-state index >= 15 is 0 Å². The predicted molar refractivity (Wildman–Crippen MR) is 108 cm³/mol. The number of hydrogen-bond acceptors (Lipinski definition) is 5. The van der Waals surface area contributed by atoms with Crippen LogP contribution in [0, 0.1) is 0 Å². The number of aromatic nitrogens is 1. The largest absolute Gasteiger partial charge is 0.496 e. The summed E-state index contributed by atoms with van der Waals surface area (Å²) in [6.45, 7) is 0. The molecule has 5 nitrogen and oxygen atoms in total. The molecular weight excluding hydrogens is 352 g/mol. The standard InChI is InChI=1S/C23H24N2O3/c1-26-20-10-5-4-8-16(20)23-17-14-22(28-3)21(27-2)13-15(17)12-19(25-23)18-9-6-7-11-24-18/h4-11,13-14,19,23,25H,12H2,1-3H3/t19-,23-/m0/s1. The number of nitrogens with one attached hydrogen (secondary N) is 1. The number of methoxy groups -OCH3 is 3. The van der Waals surface area contributed by atoms with E-state index in [0.29, 0.717) is 0 Å². The van der Waals surface area contributed by atoms with Crippen LogP contribution in [0.25, 0.3) is 0 Å². The molecule has 1 N–H and O–H groups in total. The second kappa shape index (κ2) is 7.90. The van der Waals surface area contributed by atoms with Gasteiger partial charge in [-0.25, -0.2) is 0 Å². The van der Waals surface area contributed by atoms with Crippen LogP contribution in [0.3, 0.4) is 0 Å². The Balaban J connectivity index is 1.86. The molecule has 0 bridgehead atoms. The topological polar surface area (TPSA) is 52.6 Å². The number of rotatable bonds is 5. The van der Waals surface area contributed by atoms with Crippen molar-refractivity contribution in [3.05, 3.63) is 83.2 Å². The second-order valence-corrected chi connectivity index (χ2v) is 6.76. The van der Waals surface area contributed by atoms with Gasteiger partial charge in [0, 0.05) is 11.8 Å². The van der Waals surface area contributed by atoms with E-state index in [4.69, 9.17) is 14.2 Å². The molecule has 2 aromatic carbocycles. The highest BCUT2D eigenvalue weighted by atomic mass is 16.5. The Morgan fingerprint density at radius 3 is 2.25 bits per heavy atom. The Kier molecular flexibility index (Phi) is 5.17. The van der Waals surface area contributed by atoms with E-state index < -0.39 is 0 Å². The van der Waals surface area contributed by atoms with E-state index in [-0.39, 0.29) is 12.1 Å². The summed E-state index contributed by atoms with van der Waals surface area (Å²) in [4.78, 5) is 4.57. The zero-order valence-corrected chi connectivity index (χ0v) is 16.3. The van der Waals surface area contributed by atoms with Crippen LogP contribution in [0.2, 0.25) is 0 Å². The van der Waals surface area contributed by atoms with Crippen LogP contribution in [-0.2, 0) is 6.42 Å². The van der Waals surface area contributed by atoms with Gasteiger partial charge in [-0.2, -0.15) is 0 Å². The summed E-state index contributed by atoms with van der Waals surface area (Å²) >= 11 is 0. The number of nitrogens with zero attached hydrogens (tertiary/aromatic N) is 1. The van der Waals surface area contributed by atoms with E-state index in [0.717, 1.165) is 40.5 Å². The van der Waals surface area contributed by atoms with E-state index in [1.165, 1.54) is 5.56 Å². The zero-order chi connectivity index (χ0) is 19.5. The first-order valence-corrected chi connectivity index (χ1v) is 9.29. The fourth-order valence-electron chi connectivity index (χ4n) is 3.89. The number of para-hydroxylation sites is 1. The van der Waals surface area contributed by atoms with Gasteiger partial charge in [-0.3, -0.25) is 10.3 Å². The molecule has 0 spiro atoms. The first-order valence-electron chi connectivity index (χ1n) is 9.29. The molecule has 0 radical (unpaired) electrons. The number of hydrogen-bond donors (Lipinski definition) is 1. The van der Waals surface area contributed by atoms with Crippen molar-refractivity contribution in [3.8, 4) is 17.2 Å². The van der Waals surface area contributed by atoms with Crippen molar-refractivity contribution >= 4 is 0 Å². The SMILES string of the molecule is COc1cc2c(cc1OC)[C@H](c1ccccc1OC)N[C@H](c1ccccn1)C2. The molecule has 0 saturated heterocycles. The monoisotopic (exact) mass is 376 g/mol. The van der Waals surface area contributed by atoms with Crippen molar-refractivity contribution in [2.45, 2.75) is 18.5 Å². The van der Waals surface area contributed by atoms with Gasteiger partial charge in [0.25, 0.3) is 0 Å².